The SMILES string of the molecule is CCN1CCCC1CN(C)C(=NC)NCc1ncc(C(C)(C)C)o1. The van der Waals surface area contributed by atoms with Crippen LogP contribution in [0.15, 0.2) is 15.6 Å². The highest BCUT2D eigenvalue weighted by Crippen LogP contribution is 2.22. The van der Waals surface area contributed by atoms with E-state index < -0.39 is 0 Å². The van der Waals surface area contributed by atoms with Crippen LogP contribution in [0.4, 0.5) is 0 Å². The number of hydrogen-bond acceptors (Lipinski definition) is 4. The molecule has 1 saturated heterocycles. The standard InChI is InChI=1S/C18H33N5O/c1-7-23-10-8-9-14(23)13-22(6)17(19-5)21-12-16-20-11-15(24-16)18(2,3)4/h11,14H,7-10,12-13H2,1-6H3,(H,19,21). The largest absolute Gasteiger partial charge is 0.443 e. The highest BCUT2D eigenvalue weighted by molar-refractivity contribution is 5.79. The maximum Gasteiger partial charge on any atom is 0.213 e. The lowest BCUT2D eigenvalue weighted by Crippen LogP contribution is -2.45. The van der Waals surface area contributed by atoms with Crippen molar-refractivity contribution in [1.29, 1.82) is 0 Å². The summed E-state index contributed by atoms with van der Waals surface area (Å²) < 4.78 is 5.84. The molecule has 0 bridgehead atoms. The van der Waals surface area contributed by atoms with Crippen molar-refractivity contribution in [1.82, 2.24) is 20.1 Å². The van der Waals surface area contributed by atoms with Crippen molar-refractivity contribution in [2.24, 2.45) is 4.99 Å². The Bertz CT molecular complexity index is 546. The smallest absolute Gasteiger partial charge is 0.213 e. The zero-order chi connectivity index (χ0) is 17.7. The number of aliphatic imine (C=N–C) groups is 1. The molecule has 6 nitrogen and oxygen atoms in total. The van der Waals surface area contributed by atoms with Crippen LogP contribution in [0.2, 0.25) is 0 Å². The van der Waals surface area contributed by atoms with E-state index in [2.05, 4.69) is 59.8 Å². The summed E-state index contributed by atoms with van der Waals surface area (Å²) in [5.41, 5.74) is -0.0181. The minimum absolute atomic E-state index is 0.0181. The normalized spacial score (nSPS) is 19.8. The van der Waals surface area contributed by atoms with Crippen LogP contribution in [-0.2, 0) is 12.0 Å². The summed E-state index contributed by atoms with van der Waals surface area (Å²) in [6.07, 6.45) is 4.38. The van der Waals surface area contributed by atoms with Crippen LogP contribution in [0.3, 0.4) is 0 Å². The number of likely N-dealkylation sites (tertiary alicyclic amines) is 1. The predicted octanol–water partition coefficient (Wildman–Crippen LogP) is 2.46. The van der Waals surface area contributed by atoms with Crippen molar-refractivity contribution in [3.05, 3.63) is 17.8 Å². The quantitative estimate of drug-likeness (QED) is 0.662. The lowest BCUT2D eigenvalue weighted by Gasteiger charge is -2.29. The fourth-order valence-electron chi connectivity index (χ4n) is 3.20. The molecule has 0 spiro atoms. The summed E-state index contributed by atoms with van der Waals surface area (Å²) in [5.74, 6) is 2.49. The summed E-state index contributed by atoms with van der Waals surface area (Å²) in [5, 5.41) is 3.36. The van der Waals surface area contributed by atoms with Crippen LogP contribution in [0.25, 0.3) is 0 Å². The average Bonchev–Trinajstić information content (AvgIpc) is 3.16. The van der Waals surface area contributed by atoms with Gasteiger partial charge in [0, 0.05) is 32.1 Å². The molecule has 2 heterocycles. The molecule has 0 saturated carbocycles. The summed E-state index contributed by atoms with van der Waals surface area (Å²) in [6, 6.07) is 0.618. The van der Waals surface area contributed by atoms with Crippen LogP contribution in [0, 0.1) is 0 Å². The third-order valence-electron chi connectivity index (χ3n) is 4.65. The summed E-state index contributed by atoms with van der Waals surface area (Å²) >= 11 is 0. The van der Waals surface area contributed by atoms with Crippen LogP contribution < -0.4 is 5.32 Å². The Balaban J connectivity index is 1.88. The van der Waals surface area contributed by atoms with E-state index in [0.29, 0.717) is 18.5 Å². The summed E-state index contributed by atoms with van der Waals surface area (Å²) in [4.78, 5) is 13.5. The van der Waals surface area contributed by atoms with Crippen molar-refractivity contribution in [3.63, 3.8) is 0 Å². The maximum atomic E-state index is 5.84. The van der Waals surface area contributed by atoms with Crippen molar-refractivity contribution >= 4 is 5.96 Å². The lowest BCUT2D eigenvalue weighted by atomic mass is 9.94. The van der Waals surface area contributed by atoms with Crippen LogP contribution >= 0.6 is 0 Å². The van der Waals surface area contributed by atoms with Crippen molar-refractivity contribution in [2.45, 2.75) is 58.5 Å². The molecule has 1 atom stereocenters. The Labute approximate surface area is 146 Å². The maximum absolute atomic E-state index is 5.84. The van der Waals surface area contributed by atoms with Gasteiger partial charge in [0.1, 0.15) is 5.76 Å². The molecular formula is C18H33N5O. The van der Waals surface area contributed by atoms with Gasteiger partial charge >= 0.3 is 0 Å². The van der Waals surface area contributed by atoms with E-state index in [1.165, 1.54) is 19.4 Å². The Morgan fingerprint density at radius 1 is 1.50 bits per heavy atom. The van der Waals surface area contributed by atoms with E-state index in [1.807, 2.05) is 13.2 Å². The minimum Gasteiger partial charge on any atom is -0.443 e. The molecular weight excluding hydrogens is 302 g/mol. The molecule has 6 heteroatoms. The molecule has 0 aromatic carbocycles. The first-order valence-electron chi connectivity index (χ1n) is 8.96. The van der Waals surface area contributed by atoms with Gasteiger partial charge in [0.15, 0.2) is 5.96 Å². The van der Waals surface area contributed by atoms with Crippen molar-refractivity contribution < 1.29 is 4.42 Å². The van der Waals surface area contributed by atoms with E-state index in [9.17, 15) is 0 Å². The monoisotopic (exact) mass is 335 g/mol. The van der Waals surface area contributed by atoms with E-state index in [-0.39, 0.29) is 5.41 Å². The Morgan fingerprint density at radius 2 is 2.25 bits per heavy atom. The fraction of sp³-hybridized carbons (Fsp3) is 0.778. The number of nitrogens with one attached hydrogen (secondary N) is 1. The van der Waals surface area contributed by atoms with Gasteiger partial charge in [-0.25, -0.2) is 4.98 Å². The number of hydrogen-bond donors (Lipinski definition) is 1. The van der Waals surface area contributed by atoms with Crippen molar-refractivity contribution in [2.75, 3.05) is 33.7 Å². The second-order valence-electron chi connectivity index (χ2n) is 7.57. The van der Waals surface area contributed by atoms with E-state index in [1.54, 1.807) is 0 Å². The molecule has 136 valence electrons. The van der Waals surface area contributed by atoms with Crippen LogP contribution in [0.1, 0.15) is 52.2 Å². The molecule has 24 heavy (non-hydrogen) atoms. The topological polar surface area (TPSA) is 56.9 Å². The molecule has 1 aromatic heterocycles. The second kappa shape index (κ2) is 8.01. The van der Waals surface area contributed by atoms with Gasteiger partial charge in [0.05, 0.1) is 12.7 Å². The molecule has 0 amide bonds. The molecule has 1 N–H and O–H groups in total. The van der Waals surface area contributed by atoms with E-state index in [4.69, 9.17) is 4.42 Å². The van der Waals surface area contributed by atoms with E-state index in [0.717, 1.165) is 24.8 Å². The predicted molar refractivity (Wildman–Crippen MR) is 98.3 cm³/mol. The fourth-order valence-corrected chi connectivity index (χ4v) is 3.20. The first-order chi connectivity index (χ1) is 11.3. The first-order valence-corrected chi connectivity index (χ1v) is 8.96. The molecule has 1 aromatic rings. The summed E-state index contributed by atoms with van der Waals surface area (Å²) in [7, 11) is 3.92. The highest BCUT2D eigenvalue weighted by atomic mass is 16.4. The molecule has 1 aliphatic heterocycles. The third kappa shape index (κ3) is 4.72. The van der Waals surface area contributed by atoms with Gasteiger partial charge < -0.3 is 14.6 Å². The molecule has 1 unspecified atom stereocenters. The minimum atomic E-state index is -0.0181. The number of aromatic nitrogens is 1. The van der Waals surface area contributed by atoms with Gasteiger partial charge in [-0.05, 0) is 25.9 Å². The zero-order valence-corrected chi connectivity index (χ0v) is 16.1. The van der Waals surface area contributed by atoms with Gasteiger partial charge in [-0.3, -0.25) is 9.89 Å². The van der Waals surface area contributed by atoms with Crippen molar-refractivity contribution in [3.8, 4) is 0 Å². The Morgan fingerprint density at radius 3 is 2.83 bits per heavy atom. The Hall–Kier alpha value is -1.56. The van der Waals surface area contributed by atoms with Gasteiger partial charge in [0.25, 0.3) is 0 Å². The lowest BCUT2D eigenvalue weighted by molar-refractivity contribution is 0.232. The number of oxazole rings is 1. The van der Waals surface area contributed by atoms with Gasteiger partial charge in [-0.1, -0.05) is 27.7 Å². The van der Waals surface area contributed by atoms with Gasteiger partial charge in [0.2, 0.25) is 5.89 Å². The summed E-state index contributed by atoms with van der Waals surface area (Å²) in [6.45, 7) is 12.5. The Kier molecular flexibility index (Phi) is 6.27. The molecule has 1 aliphatic rings. The third-order valence-corrected chi connectivity index (χ3v) is 4.65. The molecule has 2 rings (SSSR count). The molecule has 0 radical (unpaired) electrons. The second-order valence-corrected chi connectivity index (χ2v) is 7.57. The number of rotatable bonds is 5. The van der Waals surface area contributed by atoms with Crippen LogP contribution in [-0.4, -0.2) is 60.5 Å². The molecule has 1 fully saturated rings. The van der Waals surface area contributed by atoms with Gasteiger partial charge in [-0.15, -0.1) is 0 Å². The number of nitrogens with zero attached hydrogens (tertiary/aromatic N) is 4. The first kappa shape index (κ1) is 18.8. The van der Waals surface area contributed by atoms with Crippen LogP contribution in [0.5, 0.6) is 0 Å². The van der Waals surface area contributed by atoms with Gasteiger partial charge in [-0.2, -0.15) is 0 Å². The number of likely N-dealkylation sites (N-methyl/N-ethyl adjacent to an activating group) is 2. The zero-order valence-electron chi connectivity index (χ0n) is 16.1. The highest BCUT2D eigenvalue weighted by Gasteiger charge is 2.25. The number of guanidine groups is 1. The van der Waals surface area contributed by atoms with E-state index >= 15 is 0 Å². The molecule has 0 aliphatic carbocycles. The average molecular weight is 335 g/mol.